The summed E-state index contributed by atoms with van der Waals surface area (Å²) in [6.07, 6.45) is 6.86. The summed E-state index contributed by atoms with van der Waals surface area (Å²) in [4.78, 5) is 29.6. The lowest BCUT2D eigenvalue weighted by Crippen LogP contribution is -2.51. The number of carbonyl (C=O) groups is 2. The van der Waals surface area contributed by atoms with Crippen LogP contribution in [-0.2, 0) is 19.7 Å². The Morgan fingerprint density at radius 3 is 2.10 bits per heavy atom. The molecule has 7 rings (SSSR count). The number of fused-ring (bicyclic) bond motifs is 3. The van der Waals surface area contributed by atoms with Crippen molar-refractivity contribution in [1.82, 2.24) is 4.48 Å². The van der Waals surface area contributed by atoms with Gasteiger partial charge in [0, 0.05) is 47.3 Å². The van der Waals surface area contributed by atoms with E-state index in [1.54, 1.807) is 80.6 Å². The lowest BCUT2D eigenvalue weighted by Gasteiger charge is -2.31. The van der Waals surface area contributed by atoms with Crippen molar-refractivity contribution < 1.29 is 32.2 Å². The van der Waals surface area contributed by atoms with Gasteiger partial charge in [-0.3, -0.25) is 0 Å². The van der Waals surface area contributed by atoms with Gasteiger partial charge in [-0.15, -0.1) is 0 Å². The molecule has 0 saturated heterocycles. The highest BCUT2D eigenvalue weighted by atomic mass is 19.2. The summed E-state index contributed by atoms with van der Waals surface area (Å²) in [6.45, 7) is 4.58. The van der Waals surface area contributed by atoms with Gasteiger partial charge in [0.15, 0.2) is 11.4 Å². The number of hydrogen-bond acceptors (Lipinski definition) is 5. The van der Waals surface area contributed by atoms with E-state index in [4.69, 9.17) is 9.47 Å². The number of aromatic nitrogens is 1. The predicted octanol–water partition coefficient (Wildman–Crippen LogP) is 8.57. The van der Waals surface area contributed by atoms with Gasteiger partial charge in [0.25, 0.3) is 0 Å². The molecular formula is C42H40BF2N3O4. The van der Waals surface area contributed by atoms with Gasteiger partial charge in [-0.2, -0.15) is 0 Å². The molecule has 3 aliphatic heterocycles. The predicted molar refractivity (Wildman–Crippen MR) is 202 cm³/mol. The average Bonchev–Trinajstić information content (AvgIpc) is 3.69. The van der Waals surface area contributed by atoms with E-state index in [1.807, 2.05) is 37.4 Å². The van der Waals surface area contributed by atoms with Crippen LogP contribution in [0, 0.1) is 6.92 Å². The molecule has 0 saturated carbocycles. The van der Waals surface area contributed by atoms with Crippen molar-refractivity contribution in [2.45, 2.75) is 40.0 Å². The second-order valence-electron chi connectivity index (χ2n) is 13.5. The number of para-hydroxylation sites is 1. The van der Waals surface area contributed by atoms with Crippen LogP contribution in [0.4, 0.5) is 14.3 Å². The van der Waals surface area contributed by atoms with E-state index in [-0.39, 0.29) is 52.6 Å². The molecule has 3 aliphatic rings. The molecule has 52 heavy (non-hydrogen) atoms. The Morgan fingerprint density at radius 2 is 1.46 bits per heavy atom. The van der Waals surface area contributed by atoms with E-state index in [0.717, 1.165) is 25.9 Å². The molecule has 0 spiro atoms. The highest BCUT2D eigenvalue weighted by molar-refractivity contribution is 6.59. The van der Waals surface area contributed by atoms with Crippen LogP contribution in [0.15, 0.2) is 120 Å². The molecule has 7 nitrogen and oxygen atoms in total. The zero-order valence-corrected chi connectivity index (χ0v) is 30.1. The number of halogens is 2. The summed E-state index contributed by atoms with van der Waals surface area (Å²) in [5.74, 6) is -1.39. The van der Waals surface area contributed by atoms with Crippen LogP contribution in [0.5, 0.6) is 0 Å². The Morgan fingerprint density at radius 1 is 0.865 bits per heavy atom. The molecule has 0 unspecified atom stereocenters. The first kappa shape index (κ1) is 34.7. The van der Waals surface area contributed by atoms with Gasteiger partial charge in [0.1, 0.15) is 5.57 Å². The molecule has 4 aromatic rings. The Bertz CT molecular complexity index is 2280. The molecule has 10 heteroatoms. The molecule has 0 fully saturated rings. The lowest BCUT2D eigenvalue weighted by atomic mass is 9.84. The number of anilines is 1. The number of nitrogens with zero attached hydrogens (tertiary/aromatic N) is 3. The van der Waals surface area contributed by atoms with Gasteiger partial charge in [0.2, 0.25) is 0 Å². The van der Waals surface area contributed by atoms with Crippen molar-refractivity contribution in [3.63, 3.8) is 0 Å². The molecule has 264 valence electrons. The van der Waals surface area contributed by atoms with Crippen LogP contribution in [-0.4, -0.2) is 53.8 Å². The number of hydrogen-bond donors (Lipinski definition) is 0. The van der Waals surface area contributed by atoms with Crippen molar-refractivity contribution in [2.24, 2.45) is 0 Å². The van der Waals surface area contributed by atoms with Crippen molar-refractivity contribution >= 4 is 42.0 Å². The summed E-state index contributed by atoms with van der Waals surface area (Å²) in [5.41, 5.74) is 5.12. The monoisotopic (exact) mass is 699 g/mol. The Balaban J connectivity index is 1.52. The van der Waals surface area contributed by atoms with Crippen LogP contribution >= 0.6 is 0 Å². The molecule has 3 aromatic carbocycles. The van der Waals surface area contributed by atoms with Gasteiger partial charge in [0.05, 0.1) is 24.4 Å². The van der Waals surface area contributed by atoms with Crippen LogP contribution in [0.1, 0.15) is 60.6 Å². The quantitative estimate of drug-likeness (QED) is 0.136. The van der Waals surface area contributed by atoms with Crippen LogP contribution < -0.4 is 4.90 Å². The first-order valence-electron chi connectivity index (χ1n) is 17.5. The van der Waals surface area contributed by atoms with Crippen molar-refractivity contribution in [1.29, 1.82) is 0 Å². The fourth-order valence-electron chi connectivity index (χ4n) is 7.97. The van der Waals surface area contributed by atoms with Crippen molar-refractivity contribution in [3.05, 3.63) is 148 Å². The number of allylic oxidation sites excluding steroid dienone is 5. The number of ether oxygens (including phenoxy) is 2. The van der Waals surface area contributed by atoms with E-state index in [1.165, 1.54) is 6.92 Å². The maximum Gasteiger partial charge on any atom is 0.737 e. The third-order valence-electron chi connectivity index (χ3n) is 10.2. The SMILES string of the molecule is CCOC(=O)C1=C(c2ccccc2)C2=Cc3c(-c4ccccc4)c(C(=O)OCC)c(C)n3[B-](F)(F)[N+]2=C1/C=C/C=C1/N(C)c2ccccc2C1(C)C. The minimum atomic E-state index is -4.70. The van der Waals surface area contributed by atoms with Gasteiger partial charge in [-0.1, -0.05) is 98.8 Å². The lowest BCUT2D eigenvalue weighted by molar-refractivity contribution is -0.358. The molecule has 0 amide bonds. The molecule has 0 bridgehead atoms. The maximum absolute atomic E-state index is 17.7. The van der Waals surface area contributed by atoms with E-state index < -0.39 is 18.9 Å². The first-order valence-corrected chi connectivity index (χ1v) is 17.5. The van der Waals surface area contributed by atoms with Crippen LogP contribution in [0.2, 0.25) is 0 Å². The van der Waals surface area contributed by atoms with Crippen molar-refractivity contribution in [3.8, 4) is 11.1 Å². The number of benzene rings is 3. The second kappa shape index (κ2) is 13.1. The number of likely N-dealkylation sites (N-methyl/N-ethyl adjacent to an activating group) is 1. The normalized spacial score (nSPS) is 17.7. The molecule has 0 atom stereocenters. The standard InChI is InChI=1S/C42H40BF2N3O4/c1-7-51-40(49)36-27(3)47-33(37(36)28-18-11-9-12-19-28)26-34-38(29-20-13-10-14-21-29)39(41(50)52-8-2)32(48(34)43(47,44)45)24-17-25-35-42(4,5)30-22-15-16-23-31(30)46(35)6/h9-26H,7-8H2,1-6H3/b24-17+,35-25+. The minimum Gasteiger partial charge on any atom is -0.462 e. The minimum absolute atomic E-state index is 0.000862. The highest BCUT2D eigenvalue weighted by Gasteiger charge is 2.57. The second-order valence-corrected chi connectivity index (χ2v) is 13.5. The zero-order valence-electron chi connectivity index (χ0n) is 30.1. The average molecular weight is 700 g/mol. The smallest absolute Gasteiger partial charge is 0.462 e. The van der Waals surface area contributed by atoms with Crippen molar-refractivity contribution in [2.75, 3.05) is 25.2 Å². The Labute approximate surface area is 302 Å². The molecule has 1 aromatic heterocycles. The first-order chi connectivity index (χ1) is 24.9. The van der Waals surface area contributed by atoms with Gasteiger partial charge >= 0.3 is 18.9 Å². The summed E-state index contributed by atoms with van der Waals surface area (Å²) < 4.78 is 48.3. The van der Waals surface area contributed by atoms with Crippen LogP contribution in [0.3, 0.4) is 0 Å². The maximum atomic E-state index is 17.7. The topological polar surface area (TPSA) is 63.8 Å². The zero-order chi connectivity index (χ0) is 36.9. The number of carbonyl (C=O) groups excluding carboxylic acids is 2. The largest absolute Gasteiger partial charge is 0.737 e. The molecule has 0 radical (unpaired) electrons. The third-order valence-corrected chi connectivity index (χ3v) is 10.2. The third kappa shape index (κ3) is 5.27. The fraction of sp³-hybridized carbons (Fsp3) is 0.214. The van der Waals surface area contributed by atoms with E-state index >= 15 is 8.63 Å². The van der Waals surface area contributed by atoms with Gasteiger partial charge < -0.3 is 32.0 Å². The van der Waals surface area contributed by atoms with Gasteiger partial charge in [-0.25, -0.2) is 9.59 Å². The molecule has 4 heterocycles. The summed E-state index contributed by atoms with van der Waals surface area (Å²) >= 11 is 0. The van der Waals surface area contributed by atoms with E-state index in [9.17, 15) is 9.59 Å². The summed E-state index contributed by atoms with van der Waals surface area (Å²) in [7, 11) is 1.98. The fourth-order valence-corrected chi connectivity index (χ4v) is 7.97. The number of esters is 2. The van der Waals surface area contributed by atoms with E-state index in [2.05, 4.69) is 30.9 Å². The Kier molecular flexibility index (Phi) is 8.73. The van der Waals surface area contributed by atoms with Gasteiger partial charge in [-0.05, 0) is 55.3 Å². The highest BCUT2D eigenvalue weighted by Crippen LogP contribution is 2.48. The Hall–Kier alpha value is -5.77. The van der Waals surface area contributed by atoms with Crippen LogP contribution in [0.25, 0.3) is 22.8 Å². The summed E-state index contributed by atoms with van der Waals surface area (Å²) in [5, 5.41) is 0. The number of rotatable bonds is 8. The molecule has 0 aliphatic carbocycles. The summed E-state index contributed by atoms with van der Waals surface area (Å²) in [6, 6.07) is 26.2. The molecule has 0 N–H and O–H groups in total. The van der Waals surface area contributed by atoms with E-state index in [0.29, 0.717) is 22.3 Å². The molecular weight excluding hydrogens is 659 g/mol.